The Morgan fingerprint density at radius 2 is 2.18 bits per heavy atom. The molecule has 1 unspecified atom stereocenters. The van der Waals surface area contributed by atoms with Gasteiger partial charge in [0.2, 0.25) is 0 Å². The molecule has 1 atom stereocenters. The van der Waals surface area contributed by atoms with Crippen LogP contribution in [0.2, 0.25) is 0 Å². The Morgan fingerprint density at radius 3 is 2.82 bits per heavy atom. The molecule has 0 radical (unpaired) electrons. The molecule has 0 aromatic heterocycles. The van der Waals surface area contributed by atoms with Gasteiger partial charge in [0, 0.05) is 0 Å². The molecule has 0 aliphatic heterocycles. The van der Waals surface area contributed by atoms with Crippen LogP contribution >= 0.6 is 0 Å². The van der Waals surface area contributed by atoms with E-state index in [0.29, 0.717) is 5.71 Å². The second-order valence-corrected chi connectivity index (χ2v) is 2.87. The number of hydroxylamine groups is 1. The van der Waals surface area contributed by atoms with E-state index in [1.165, 1.54) is 0 Å². The van der Waals surface area contributed by atoms with Gasteiger partial charge in [-0.3, -0.25) is 0 Å². The van der Waals surface area contributed by atoms with Crippen LogP contribution in [0.25, 0.3) is 0 Å². The highest BCUT2D eigenvalue weighted by atomic mass is 16.5. The number of nitrogens with one attached hydrogen (secondary N) is 1. The lowest BCUT2D eigenvalue weighted by molar-refractivity contribution is 0.144. The van der Waals surface area contributed by atoms with Gasteiger partial charge in [-0.2, -0.15) is 5.48 Å². The summed E-state index contributed by atoms with van der Waals surface area (Å²) >= 11 is 0. The lowest BCUT2D eigenvalue weighted by atomic mass is 10.1. The molecule has 1 saturated carbocycles. The van der Waals surface area contributed by atoms with E-state index in [-0.39, 0.29) is 6.04 Å². The normalized spacial score (nSPS) is 30.3. The monoisotopic (exact) mass is 158 g/mol. The molecule has 4 heteroatoms. The van der Waals surface area contributed by atoms with E-state index in [2.05, 4.69) is 10.6 Å². The molecule has 4 nitrogen and oxygen atoms in total. The average molecular weight is 158 g/mol. The van der Waals surface area contributed by atoms with Crippen LogP contribution in [0.15, 0.2) is 5.16 Å². The van der Waals surface area contributed by atoms with Crippen LogP contribution in [0, 0.1) is 0 Å². The molecule has 0 heterocycles. The first-order chi connectivity index (χ1) is 5.38. The van der Waals surface area contributed by atoms with Gasteiger partial charge in [0.05, 0.1) is 11.8 Å². The molecule has 0 saturated heterocycles. The predicted octanol–water partition coefficient (Wildman–Crippen LogP) is 1.13. The number of rotatable bonds is 1. The van der Waals surface area contributed by atoms with Crippen molar-refractivity contribution in [3.8, 4) is 0 Å². The Kier molecular flexibility index (Phi) is 3.32. The topological polar surface area (TPSA) is 64.9 Å². The van der Waals surface area contributed by atoms with Gasteiger partial charge in [0.25, 0.3) is 0 Å². The summed E-state index contributed by atoms with van der Waals surface area (Å²) in [6.45, 7) is 0. The summed E-state index contributed by atoms with van der Waals surface area (Å²) in [5.74, 6) is 0. The summed E-state index contributed by atoms with van der Waals surface area (Å²) in [4.78, 5) is 0. The minimum absolute atomic E-state index is 0.137. The molecule has 0 aromatic carbocycles. The fourth-order valence-corrected chi connectivity index (χ4v) is 1.43. The summed E-state index contributed by atoms with van der Waals surface area (Å²) in [5, 5.41) is 20.4. The standard InChI is InChI=1S/C7H14N2O2/c10-8-6-4-2-1-3-5-7(6)9-11/h6,8,10-11H,1-5H2/b9-7+. The van der Waals surface area contributed by atoms with Gasteiger partial charge in [0.15, 0.2) is 0 Å². The van der Waals surface area contributed by atoms with E-state index in [4.69, 9.17) is 10.4 Å². The number of hydrogen-bond acceptors (Lipinski definition) is 4. The zero-order chi connectivity index (χ0) is 8.10. The van der Waals surface area contributed by atoms with Gasteiger partial charge in [-0.25, -0.2) is 0 Å². The number of hydrogen-bond donors (Lipinski definition) is 3. The second kappa shape index (κ2) is 4.31. The molecule has 1 aliphatic carbocycles. The van der Waals surface area contributed by atoms with Gasteiger partial charge in [-0.15, -0.1) is 0 Å². The van der Waals surface area contributed by atoms with Crippen molar-refractivity contribution in [3.63, 3.8) is 0 Å². The molecule has 3 N–H and O–H groups in total. The van der Waals surface area contributed by atoms with E-state index in [0.717, 1.165) is 32.1 Å². The zero-order valence-electron chi connectivity index (χ0n) is 6.45. The Labute approximate surface area is 65.9 Å². The minimum atomic E-state index is -0.137. The highest BCUT2D eigenvalue weighted by molar-refractivity contribution is 5.89. The van der Waals surface area contributed by atoms with Crippen molar-refractivity contribution in [1.82, 2.24) is 5.48 Å². The molecule has 1 rings (SSSR count). The Bertz CT molecular complexity index is 147. The Morgan fingerprint density at radius 1 is 1.36 bits per heavy atom. The molecule has 1 aliphatic rings. The summed E-state index contributed by atoms with van der Waals surface area (Å²) in [5.41, 5.74) is 2.83. The van der Waals surface area contributed by atoms with E-state index >= 15 is 0 Å². The first-order valence-electron chi connectivity index (χ1n) is 3.99. The van der Waals surface area contributed by atoms with E-state index in [9.17, 15) is 0 Å². The van der Waals surface area contributed by atoms with Gasteiger partial charge < -0.3 is 10.4 Å². The Balaban J connectivity index is 2.55. The van der Waals surface area contributed by atoms with Crippen molar-refractivity contribution in [1.29, 1.82) is 0 Å². The number of oxime groups is 1. The molecule has 0 amide bonds. The maximum atomic E-state index is 8.68. The molecule has 0 aromatic rings. The van der Waals surface area contributed by atoms with Crippen molar-refractivity contribution in [2.24, 2.45) is 5.16 Å². The lowest BCUT2D eigenvalue weighted by Crippen LogP contribution is -2.33. The minimum Gasteiger partial charge on any atom is -0.411 e. The highest BCUT2D eigenvalue weighted by Crippen LogP contribution is 2.15. The van der Waals surface area contributed by atoms with Crippen molar-refractivity contribution in [2.75, 3.05) is 0 Å². The molecular weight excluding hydrogens is 144 g/mol. The van der Waals surface area contributed by atoms with Gasteiger partial charge in [-0.1, -0.05) is 18.0 Å². The van der Waals surface area contributed by atoms with Gasteiger partial charge in [0.1, 0.15) is 0 Å². The fraction of sp³-hybridized carbons (Fsp3) is 0.857. The van der Waals surface area contributed by atoms with Crippen LogP contribution in [0.1, 0.15) is 32.1 Å². The third-order valence-corrected chi connectivity index (χ3v) is 2.11. The van der Waals surface area contributed by atoms with Gasteiger partial charge >= 0.3 is 0 Å². The van der Waals surface area contributed by atoms with Crippen molar-refractivity contribution >= 4 is 5.71 Å². The van der Waals surface area contributed by atoms with Crippen molar-refractivity contribution in [2.45, 2.75) is 38.1 Å². The maximum Gasteiger partial charge on any atom is 0.0763 e. The third-order valence-electron chi connectivity index (χ3n) is 2.11. The van der Waals surface area contributed by atoms with Crippen molar-refractivity contribution < 1.29 is 10.4 Å². The van der Waals surface area contributed by atoms with Crippen LogP contribution in [0.5, 0.6) is 0 Å². The second-order valence-electron chi connectivity index (χ2n) is 2.87. The predicted molar refractivity (Wildman–Crippen MR) is 41.0 cm³/mol. The van der Waals surface area contributed by atoms with Crippen LogP contribution in [0.3, 0.4) is 0 Å². The molecule has 0 bridgehead atoms. The molecule has 0 spiro atoms. The van der Waals surface area contributed by atoms with Crippen LogP contribution < -0.4 is 5.48 Å². The maximum absolute atomic E-state index is 8.68. The van der Waals surface area contributed by atoms with E-state index in [1.807, 2.05) is 0 Å². The highest BCUT2D eigenvalue weighted by Gasteiger charge is 2.17. The SMILES string of the molecule is O/N=C1\CCCCCC1NO. The summed E-state index contributed by atoms with van der Waals surface area (Å²) < 4.78 is 0. The molecule has 11 heavy (non-hydrogen) atoms. The summed E-state index contributed by atoms with van der Waals surface area (Å²) in [6.07, 6.45) is 4.93. The molecule has 1 fully saturated rings. The largest absolute Gasteiger partial charge is 0.411 e. The number of nitrogens with zero attached hydrogens (tertiary/aromatic N) is 1. The average Bonchev–Trinajstić information content (AvgIpc) is 2.27. The first-order valence-corrected chi connectivity index (χ1v) is 3.99. The lowest BCUT2D eigenvalue weighted by Gasteiger charge is -2.11. The van der Waals surface area contributed by atoms with E-state index < -0.39 is 0 Å². The zero-order valence-corrected chi connectivity index (χ0v) is 6.45. The van der Waals surface area contributed by atoms with Crippen LogP contribution in [-0.2, 0) is 0 Å². The smallest absolute Gasteiger partial charge is 0.0763 e. The quantitative estimate of drug-likeness (QED) is 0.304. The third kappa shape index (κ3) is 2.17. The summed E-state index contributed by atoms with van der Waals surface area (Å²) in [7, 11) is 0. The van der Waals surface area contributed by atoms with Crippen LogP contribution in [-0.4, -0.2) is 22.2 Å². The molecular formula is C7H14N2O2. The first kappa shape index (κ1) is 8.49. The molecule has 64 valence electrons. The van der Waals surface area contributed by atoms with Crippen LogP contribution in [0.4, 0.5) is 0 Å². The van der Waals surface area contributed by atoms with Gasteiger partial charge in [-0.05, 0) is 19.3 Å². The van der Waals surface area contributed by atoms with Crippen molar-refractivity contribution in [3.05, 3.63) is 0 Å². The fourth-order valence-electron chi connectivity index (χ4n) is 1.43. The Hall–Kier alpha value is -0.610. The summed E-state index contributed by atoms with van der Waals surface area (Å²) in [6, 6.07) is -0.137. The van der Waals surface area contributed by atoms with E-state index in [1.54, 1.807) is 0 Å².